The zero-order chi connectivity index (χ0) is 14.5. The molecule has 0 heterocycles. The lowest BCUT2D eigenvalue weighted by Gasteiger charge is -2.06. The molecule has 2 rings (SSSR count). The van der Waals surface area contributed by atoms with Crippen LogP contribution in [0.25, 0.3) is 0 Å². The molecular weight excluding hydrogens is 279 g/mol. The minimum Gasteiger partial charge on any atom is -0.494 e. The third kappa shape index (κ3) is 3.51. The first kappa shape index (κ1) is 14.4. The highest BCUT2D eigenvalue weighted by Crippen LogP contribution is 2.20. The highest BCUT2D eigenvalue weighted by molar-refractivity contribution is 7.80. The van der Waals surface area contributed by atoms with Gasteiger partial charge in [0, 0.05) is 11.0 Å². The number of benzene rings is 2. The molecule has 0 saturated heterocycles. The van der Waals surface area contributed by atoms with E-state index >= 15 is 0 Å². The molecule has 0 aromatic heterocycles. The molecule has 104 valence electrons. The molecule has 0 fully saturated rings. The fourth-order valence-corrected chi connectivity index (χ4v) is 1.71. The third-order valence-corrected chi connectivity index (χ3v) is 2.89. The number of halogens is 1. The Balaban J connectivity index is 2.09. The molecule has 0 aliphatic heterocycles. The van der Waals surface area contributed by atoms with Crippen molar-refractivity contribution in [2.45, 2.75) is 11.8 Å². The summed E-state index contributed by atoms with van der Waals surface area (Å²) in [6, 6.07) is 10.6. The van der Waals surface area contributed by atoms with Crippen molar-refractivity contribution >= 4 is 18.6 Å². The molecular formula is C15H13FO3S. The Bertz CT molecular complexity index is 611. The van der Waals surface area contributed by atoms with Crippen LogP contribution in [0.15, 0.2) is 47.4 Å². The fourth-order valence-electron chi connectivity index (χ4n) is 1.57. The average molecular weight is 292 g/mol. The molecule has 3 nitrogen and oxygen atoms in total. The van der Waals surface area contributed by atoms with E-state index in [2.05, 4.69) is 12.6 Å². The van der Waals surface area contributed by atoms with Crippen LogP contribution in [0.5, 0.6) is 11.5 Å². The molecule has 2 aromatic rings. The molecule has 0 radical (unpaired) electrons. The number of ether oxygens (including phenoxy) is 2. The third-order valence-electron chi connectivity index (χ3n) is 2.53. The lowest BCUT2D eigenvalue weighted by Crippen LogP contribution is -2.08. The lowest BCUT2D eigenvalue weighted by molar-refractivity contribution is 0.0734. The second kappa shape index (κ2) is 6.43. The number of rotatable bonds is 4. The summed E-state index contributed by atoms with van der Waals surface area (Å²) >= 11 is 3.91. The zero-order valence-electron chi connectivity index (χ0n) is 10.8. The van der Waals surface area contributed by atoms with E-state index in [9.17, 15) is 9.18 Å². The van der Waals surface area contributed by atoms with Gasteiger partial charge in [-0.15, -0.1) is 12.6 Å². The van der Waals surface area contributed by atoms with Crippen LogP contribution in [0.4, 0.5) is 4.39 Å². The summed E-state index contributed by atoms with van der Waals surface area (Å²) < 4.78 is 23.6. The minimum atomic E-state index is -0.556. The summed E-state index contributed by atoms with van der Waals surface area (Å²) in [5.74, 6) is -0.279. The van der Waals surface area contributed by atoms with Crippen LogP contribution in [0.2, 0.25) is 0 Å². The maximum Gasteiger partial charge on any atom is 0.343 e. The van der Waals surface area contributed by atoms with E-state index in [1.807, 2.05) is 6.92 Å². The predicted octanol–water partition coefficient (Wildman–Crippen LogP) is 3.73. The monoisotopic (exact) mass is 292 g/mol. The number of esters is 1. The van der Waals surface area contributed by atoms with Crippen molar-refractivity contribution < 1.29 is 18.7 Å². The number of carbonyl (C=O) groups is 1. The van der Waals surface area contributed by atoms with Gasteiger partial charge in [-0.2, -0.15) is 0 Å². The summed E-state index contributed by atoms with van der Waals surface area (Å²) in [5, 5.41) is 0. The molecule has 2 aromatic carbocycles. The Labute approximate surface area is 121 Å². The van der Waals surface area contributed by atoms with E-state index in [4.69, 9.17) is 9.47 Å². The van der Waals surface area contributed by atoms with Gasteiger partial charge < -0.3 is 9.47 Å². The Morgan fingerprint density at radius 1 is 1.15 bits per heavy atom. The Morgan fingerprint density at radius 2 is 1.80 bits per heavy atom. The van der Waals surface area contributed by atoms with E-state index in [1.54, 1.807) is 24.3 Å². The molecule has 0 unspecified atom stereocenters. The Kier molecular flexibility index (Phi) is 4.63. The SMILES string of the molecule is CCOc1ccc(C(=O)Oc2ccc(S)c(F)c2)cc1. The van der Waals surface area contributed by atoms with Crippen LogP contribution in [-0.4, -0.2) is 12.6 Å². The molecule has 20 heavy (non-hydrogen) atoms. The number of hydrogen-bond donors (Lipinski definition) is 1. The van der Waals surface area contributed by atoms with Crippen LogP contribution < -0.4 is 9.47 Å². The van der Waals surface area contributed by atoms with Crippen molar-refractivity contribution in [3.05, 3.63) is 53.8 Å². The van der Waals surface area contributed by atoms with Crippen LogP contribution in [-0.2, 0) is 0 Å². The Morgan fingerprint density at radius 3 is 2.40 bits per heavy atom. The van der Waals surface area contributed by atoms with Crippen molar-refractivity contribution in [3.8, 4) is 11.5 Å². The van der Waals surface area contributed by atoms with Crippen molar-refractivity contribution in [2.24, 2.45) is 0 Å². The zero-order valence-corrected chi connectivity index (χ0v) is 11.7. The number of carbonyl (C=O) groups excluding carboxylic acids is 1. The van der Waals surface area contributed by atoms with Crippen molar-refractivity contribution in [2.75, 3.05) is 6.61 Å². The van der Waals surface area contributed by atoms with Gasteiger partial charge in [0.2, 0.25) is 0 Å². The van der Waals surface area contributed by atoms with Crippen molar-refractivity contribution in [3.63, 3.8) is 0 Å². The van der Waals surface area contributed by atoms with Gasteiger partial charge in [0.15, 0.2) is 0 Å². The number of thiol groups is 1. The quantitative estimate of drug-likeness (QED) is 0.530. The van der Waals surface area contributed by atoms with Gasteiger partial charge in [-0.3, -0.25) is 0 Å². The predicted molar refractivity (Wildman–Crippen MR) is 76.2 cm³/mol. The van der Waals surface area contributed by atoms with E-state index < -0.39 is 11.8 Å². The first-order valence-electron chi connectivity index (χ1n) is 6.03. The maximum atomic E-state index is 13.3. The summed E-state index contributed by atoms with van der Waals surface area (Å²) in [6.07, 6.45) is 0. The molecule has 0 aliphatic rings. The first-order chi connectivity index (χ1) is 9.60. The second-order valence-electron chi connectivity index (χ2n) is 3.96. The molecule has 5 heteroatoms. The topological polar surface area (TPSA) is 35.5 Å². The Hall–Kier alpha value is -2.01. The van der Waals surface area contributed by atoms with E-state index in [0.717, 1.165) is 6.07 Å². The van der Waals surface area contributed by atoms with Crippen molar-refractivity contribution in [1.29, 1.82) is 0 Å². The van der Waals surface area contributed by atoms with Crippen LogP contribution in [0, 0.1) is 5.82 Å². The molecule has 0 bridgehead atoms. The van der Waals surface area contributed by atoms with E-state index in [0.29, 0.717) is 17.9 Å². The normalized spacial score (nSPS) is 10.2. The second-order valence-corrected chi connectivity index (χ2v) is 4.44. The van der Waals surface area contributed by atoms with Gasteiger partial charge in [-0.25, -0.2) is 9.18 Å². The molecule has 0 spiro atoms. The standard InChI is InChI=1S/C15H13FO3S/c1-2-18-11-5-3-10(4-6-11)15(17)19-12-7-8-14(20)13(16)9-12/h3-9,20H,2H2,1H3. The smallest absolute Gasteiger partial charge is 0.343 e. The van der Waals surface area contributed by atoms with Crippen molar-refractivity contribution in [1.82, 2.24) is 0 Å². The van der Waals surface area contributed by atoms with Crippen LogP contribution in [0.3, 0.4) is 0 Å². The minimum absolute atomic E-state index is 0.138. The molecule has 0 aliphatic carbocycles. The first-order valence-corrected chi connectivity index (χ1v) is 6.48. The maximum absolute atomic E-state index is 13.3. The highest BCUT2D eigenvalue weighted by atomic mass is 32.1. The molecule has 0 atom stereocenters. The van der Waals surface area contributed by atoms with Crippen LogP contribution in [0.1, 0.15) is 17.3 Å². The highest BCUT2D eigenvalue weighted by Gasteiger charge is 2.10. The molecule has 0 N–H and O–H groups in total. The van der Waals surface area contributed by atoms with Gasteiger partial charge in [-0.05, 0) is 43.3 Å². The van der Waals surface area contributed by atoms with Gasteiger partial charge in [0.05, 0.1) is 12.2 Å². The van der Waals surface area contributed by atoms with Gasteiger partial charge in [0.25, 0.3) is 0 Å². The average Bonchev–Trinajstić information content (AvgIpc) is 2.44. The fraction of sp³-hybridized carbons (Fsp3) is 0.133. The summed E-state index contributed by atoms with van der Waals surface area (Å²) in [6.45, 7) is 2.43. The summed E-state index contributed by atoms with van der Waals surface area (Å²) in [4.78, 5) is 12.1. The van der Waals surface area contributed by atoms with E-state index in [-0.39, 0.29) is 10.6 Å². The largest absolute Gasteiger partial charge is 0.494 e. The summed E-state index contributed by atoms with van der Waals surface area (Å²) in [7, 11) is 0. The lowest BCUT2D eigenvalue weighted by atomic mass is 10.2. The van der Waals surface area contributed by atoms with Gasteiger partial charge in [-0.1, -0.05) is 0 Å². The van der Waals surface area contributed by atoms with Crippen LogP contribution >= 0.6 is 12.6 Å². The summed E-state index contributed by atoms with van der Waals surface area (Å²) in [5.41, 5.74) is 0.365. The molecule has 0 amide bonds. The van der Waals surface area contributed by atoms with Gasteiger partial charge >= 0.3 is 5.97 Å². The van der Waals surface area contributed by atoms with Gasteiger partial charge in [0.1, 0.15) is 17.3 Å². The molecule has 0 saturated carbocycles. The van der Waals surface area contributed by atoms with E-state index in [1.165, 1.54) is 12.1 Å². The number of hydrogen-bond acceptors (Lipinski definition) is 4.